The number of carbonyl (C=O) groups is 1. The number of hydrogen-bond acceptors (Lipinski definition) is 3. The molecule has 2 N–H and O–H groups in total. The van der Waals surface area contributed by atoms with Gasteiger partial charge in [-0.05, 0) is 38.5 Å². The molecule has 1 heterocycles. The van der Waals surface area contributed by atoms with Gasteiger partial charge >= 0.3 is 6.03 Å². The van der Waals surface area contributed by atoms with E-state index in [1.807, 2.05) is 13.8 Å². The van der Waals surface area contributed by atoms with E-state index >= 15 is 0 Å². The topological polar surface area (TPSA) is 75.3 Å². The largest absolute Gasteiger partial charge is 0.338 e. The third-order valence-electron chi connectivity index (χ3n) is 3.39. The van der Waals surface area contributed by atoms with E-state index < -0.39 is 9.84 Å². The molecule has 2 amide bonds. The normalized spacial score (nSPS) is 23.6. The second-order valence-corrected chi connectivity index (χ2v) is 7.35. The van der Waals surface area contributed by atoms with Crippen LogP contribution in [0.25, 0.3) is 0 Å². The third-order valence-corrected chi connectivity index (χ3v) is 5.23. The number of amides is 2. The summed E-state index contributed by atoms with van der Waals surface area (Å²) in [7, 11) is -2.77. The van der Waals surface area contributed by atoms with Crippen LogP contribution in [0.3, 0.4) is 0 Å². The molecule has 106 valence electrons. The monoisotopic (exact) mass is 276 g/mol. The van der Waals surface area contributed by atoms with Crippen LogP contribution in [0.2, 0.25) is 0 Å². The van der Waals surface area contributed by atoms with Crippen molar-refractivity contribution in [3.63, 3.8) is 0 Å². The van der Waals surface area contributed by atoms with Gasteiger partial charge in [0.1, 0.15) is 0 Å². The minimum atomic E-state index is -2.77. The molecule has 1 rings (SSSR count). The minimum Gasteiger partial charge on any atom is -0.338 e. The third kappa shape index (κ3) is 5.71. The average Bonchev–Trinajstić information content (AvgIpc) is 2.64. The molecule has 0 radical (unpaired) electrons. The molecule has 0 bridgehead atoms. The van der Waals surface area contributed by atoms with E-state index in [0.717, 1.165) is 25.7 Å². The lowest BCUT2D eigenvalue weighted by Crippen LogP contribution is -2.40. The fourth-order valence-corrected chi connectivity index (χ4v) is 3.98. The van der Waals surface area contributed by atoms with Crippen molar-refractivity contribution >= 4 is 15.9 Å². The highest BCUT2D eigenvalue weighted by Crippen LogP contribution is 2.22. The van der Waals surface area contributed by atoms with E-state index in [1.54, 1.807) is 0 Å². The van der Waals surface area contributed by atoms with Crippen molar-refractivity contribution in [3.8, 4) is 0 Å². The zero-order chi connectivity index (χ0) is 13.6. The molecule has 0 spiro atoms. The zero-order valence-corrected chi connectivity index (χ0v) is 12.1. The van der Waals surface area contributed by atoms with Crippen LogP contribution in [0, 0.1) is 5.92 Å². The Hall–Kier alpha value is -0.780. The first-order valence-corrected chi connectivity index (χ1v) is 8.50. The molecule has 0 aromatic heterocycles. The summed E-state index contributed by atoms with van der Waals surface area (Å²) in [6.07, 6.45) is 3.41. The first-order valence-electron chi connectivity index (χ1n) is 6.67. The Morgan fingerprint density at radius 3 is 2.72 bits per heavy atom. The fraction of sp³-hybridized carbons (Fsp3) is 0.917. The number of sulfone groups is 1. The van der Waals surface area contributed by atoms with Gasteiger partial charge in [-0.2, -0.15) is 0 Å². The van der Waals surface area contributed by atoms with Crippen LogP contribution in [0.15, 0.2) is 0 Å². The average molecular weight is 276 g/mol. The van der Waals surface area contributed by atoms with Crippen molar-refractivity contribution in [2.24, 2.45) is 5.92 Å². The molecule has 0 saturated carbocycles. The van der Waals surface area contributed by atoms with Gasteiger partial charge in [0.15, 0.2) is 9.84 Å². The molecule has 1 saturated heterocycles. The maximum Gasteiger partial charge on any atom is 0.314 e. The maximum absolute atomic E-state index is 11.4. The van der Waals surface area contributed by atoms with Crippen molar-refractivity contribution in [1.82, 2.24) is 10.6 Å². The molecule has 1 aliphatic heterocycles. The summed E-state index contributed by atoms with van der Waals surface area (Å²) >= 11 is 0. The predicted molar refractivity (Wildman–Crippen MR) is 72.3 cm³/mol. The summed E-state index contributed by atoms with van der Waals surface area (Å²) < 4.78 is 22.5. The van der Waals surface area contributed by atoms with Crippen molar-refractivity contribution in [3.05, 3.63) is 0 Å². The van der Waals surface area contributed by atoms with Gasteiger partial charge in [0, 0.05) is 12.6 Å². The highest BCUT2D eigenvalue weighted by molar-refractivity contribution is 7.91. The van der Waals surface area contributed by atoms with Gasteiger partial charge in [-0.1, -0.05) is 6.92 Å². The smallest absolute Gasteiger partial charge is 0.314 e. The number of urea groups is 1. The van der Waals surface area contributed by atoms with Crippen LogP contribution in [0.5, 0.6) is 0 Å². The predicted octanol–water partition coefficient (Wildman–Crippen LogP) is 1.30. The van der Waals surface area contributed by atoms with Crippen LogP contribution in [0.4, 0.5) is 4.79 Å². The molecule has 0 aliphatic carbocycles. The Morgan fingerprint density at radius 2 is 2.17 bits per heavy atom. The SMILES string of the molecule is CCC(C)NC(=O)NCCCC1CCS(=O)(=O)C1. The van der Waals surface area contributed by atoms with Gasteiger partial charge in [-0.3, -0.25) is 0 Å². The van der Waals surface area contributed by atoms with Crippen LogP contribution >= 0.6 is 0 Å². The highest BCUT2D eigenvalue weighted by Gasteiger charge is 2.27. The summed E-state index contributed by atoms with van der Waals surface area (Å²) in [5, 5.41) is 5.62. The Morgan fingerprint density at radius 1 is 1.44 bits per heavy atom. The number of carbonyl (C=O) groups excluding carboxylic acids is 1. The summed E-state index contributed by atoms with van der Waals surface area (Å²) in [6, 6.07) is 0.0494. The van der Waals surface area contributed by atoms with Crippen molar-refractivity contribution < 1.29 is 13.2 Å². The van der Waals surface area contributed by atoms with Crippen LogP contribution < -0.4 is 10.6 Å². The number of nitrogens with one attached hydrogen (secondary N) is 2. The molecule has 0 aromatic rings. The molecule has 2 unspecified atom stereocenters. The van der Waals surface area contributed by atoms with E-state index in [4.69, 9.17) is 0 Å². The lowest BCUT2D eigenvalue weighted by Gasteiger charge is -2.13. The minimum absolute atomic E-state index is 0.136. The van der Waals surface area contributed by atoms with E-state index in [1.165, 1.54) is 0 Å². The summed E-state index contributed by atoms with van der Waals surface area (Å²) in [5.74, 6) is 0.945. The van der Waals surface area contributed by atoms with Crippen LogP contribution in [-0.4, -0.2) is 38.5 Å². The van der Waals surface area contributed by atoms with Gasteiger partial charge < -0.3 is 10.6 Å². The Kier molecular flexibility index (Phi) is 5.91. The van der Waals surface area contributed by atoms with Gasteiger partial charge in [0.25, 0.3) is 0 Å². The molecule has 18 heavy (non-hydrogen) atoms. The molecule has 1 aliphatic rings. The van der Waals surface area contributed by atoms with Crippen molar-refractivity contribution in [2.75, 3.05) is 18.1 Å². The number of rotatable bonds is 6. The quantitative estimate of drug-likeness (QED) is 0.718. The molecule has 2 atom stereocenters. The second kappa shape index (κ2) is 6.97. The zero-order valence-electron chi connectivity index (χ0n) is 11.2. The fourth-order valence-electron chi connectivity index (χ4n) is 2.07. The van der Waals surface area contributed by atoms with Gasteiger partial charge in [-0.15, -0.1) is 0 Å². The van der Waals surface area contributed by atoms with E-state index in [0.29, 0.717) is 18.1 Å². The van der Waals surface area contributed by atoms with E-state index in [-0.39, 0.29) is 18.0 Å². The van der Waals surface area contributed by atoms with Crippen molar-refractivity contribution in [1.29, 1.82) is 0 Å². The molecule has 5 nitrogen and oxygen atoms in total. The van der Waals surface area contributed by atoms with E-state index in [2.05, 4.69) is 10.6 Å². The molecule has 0 aromatic carbocycles. The molecule has 6 heteroatoms. The molecule has 1 fully saturated rings. The van der Waals surface area contributed by atoms with Gasteiger partial charge in [0.2, 0.25) is 0 Å². The standard InChI is InChI=1S/C12H24N2O3S/c1-3-10(2)14-12(15)13-7-4-5-11-6-8-18(16,17)9-11/h10-11H,3-9H2,1-2H3,(H2,13,14,15). The lowest BCUT2D eigenvalue weighted by molar-refractivity contribution is 0.237. The van der Waals surface area contributed by atoms with Gasteiger partial charge in [0.05, 0.1) is 11.5 Å². The second-order valence-electron chi connectivity index (χ2n) is 5.12. The van der Waals surface area contributed by atoms with Gasteiger partial charge in [-0.25, -0.2) is 13.2 Å². The lowest BCUT2D eigenvalue weighted by atomic mass is 10.0. The first-order chi connectivity index (χ1) is 8.43. The first kappa shape index (κ1) is 15.3. The Labute approximate surface area is 110 Å². The summed E-state index contributed by atoms with van der Waals surface area (Å²) in [6.45, 7) is 4.59. The highest BCUT2D eigenvalue weighted by atomic mass is 32.2. The summed E-state index contributed by atoms with van der Waals surface area (Å²) in [5.41, 5.74) is 0. The Balaban J connectivity index is 2.07. The van der Waals surface area contributed by atoms with Crippen LogP contribution in [-0.2, 0) is 9.84 Å². The van der Waals surface area contributed by atoms with E-state index in [9.17, 15) is 13.2 Å². The number of hydrogen-bond donors (Lipinski definition) is 2. The molecular formula is C12H24N2O3S. The maximum atomic E-state index is 11.4. The summed E-state index contributed by atoms with van der Waals surface area (Å²) in [4.78, 5) is 11.4. The Bertz CT molecular complexity index is 368. The van der Waals surface area contributed by atoms with Crippen molar-refractivity contribution in [2.45, 2.75) is 45.6 Å². The van der Waals surface area contributed by atoms with Crippen LogP contribution in [0.1, 0.15) is 39.5 Å². The molecular weight excluding hydrogens is 252 g/mol.